The molecule has 0 aliphatic carbocycles. The van der Waals surface area contributed by atoms with E-state index in [0.29, 0.717) is 0 Å². The maximum absolute atomic E-state index is 11.6. The number of aliphatic hydroxyl groups is 1. The fraction of sp³-hybridized carbons (Fsp3) is 0.0588. The molecule has 4 heterocycles. The van der Waals surface area contributed by atoms with Gasteiger partial charge in [0.05, 0.1) is 16.3 Å². The highest BCUT2D eigenvalue weighted by molar-refractivity contribution is 7.20. The minimum absolute atomic E-state index is 0.756. The zero-order valence-corrected chi connectivity index (χ0v) is 13.2. The van der Waals surface area contributed by atoms with Gasteiger partial charge in [0.15, 0.2) is 5.60 Å². The molecule has 3 nitrogen and oxygen atoms in total. The van der Waals surface area contributed by atoms with Crippen LogP contribution in [0.5, 0.6) is 0 Å². The SMILES string of the molecule is OC(c1ccc[nH]1)(c1ccc[nH]1)c1ccsc1-c1cccs1. The number of hydrogen-bond donors (Lipinski definition) is 3. The second kappa shape index (κ2) is 5.28. The van der Waals surface area contributed by atoms with Crippen molar-refractivity contribution in [3.8, 4) is 9.75 Å². The van der Waals surface area contributed by atoms with Gasteiger partial charge >= 0.3 is 0 Å². The highest BCUT2D eigenvalue weighted by atomic mass is 32.1. The molecule has 3 N–H and O–H groups in total. The van der Waals surface area contributed by atoms with Gasteiger partial charge in [0.1, 0.15) is 0 Å². The topological polar surface area (TPSA) is 51.8 Å². The summed E-state index contributed by atoms with van der Waals surface area (Å²) in [6, 6.07) is 13.8. The van der Waals surface area contributed by atoms with E-state index < -0.39 is 5.60 Å². The maximum Gasteiger partial charge on any atom is 0.171 e. The first-order valence-electron chi connectivity index (χ1n) is 6.92. The van der Waals surface area contributed by atoms with E-state index in [1.165, 1.54) is 4.88 Å². The highest BCUT2D eigenvalue weighted by Gasteiger charge is 2.38. The molecule has 0 fully saturated rings. The molecule has 5 heteroatoms. The van der Waals surface area contributed by atoms with Gasteiger partial charge in [0, 0.05) is 22.8 Å². The summed E-state index contributed by atoms with van der Waals surface area (Å²) in [4.78, 5) is 8.60. The quantitative estimate of drug-likeness (QED) is 0.511. The van der Waals surface area contributed by atoms with Crippen molar-refractivity contribution in [2.24, 2.45) is 0 Å². The molecule has 0 saturated heterocycles. The molecule has 0 aliphatic rings. The zero-order chi connectivity index (χ0) is 15.0. The Morgan fingerprint density at radius 3 is 2.09 bits per heavy atom. The summed E-state index contributed by atoms with van der Waals surface area (Å²) in [5.74, 6) is 0. The van der Waals surface area contributed by atoms with E-state index in [4.69, 9.17) is 0 Å². The highest BCUT2D eigenvalue weighted by Crippen LogP contribution is 2.44. The number of hydrogen-bond acceptors (Lipinski definition) is 3. The zero-order valence-electron chi connectivity index (χ0n) is 11.6. The third-order valence-corrected chi connectivity index (χ3v) is 5.74. The van der Waals surface area contributed by atoms with E-state index in [1.54, 1.807) is 22.7 Å². The van der Waals surface area contributed by atoms with Gasteiger partial charge in [-0.05, 0) is 47.2 Å². The normalized spacial score (nSPS) is 11.9. The van der Waals surface area contributed by atoms with E-state index in [0.717, 1.165) is 21.8 Å². The van der Waals surface area contributed by atoms with Crippen molar-refractivity contribution in [3.05, 3.63) is 82.6 Å². The molecule has 4 aromatic heterocycles. The molecule has 0 radical (unpaired) electrons. The molecule has 110 valence electrons. The van der Waals surface area contributed by atoms with Gasteiger partial charge in [-0.3, -0.25) is 0 Å². The van der Waals surface area contributed by atoms with E-state index in [1.807, 2.05) is 54.2 Å². The van der Waals surface area contributed by atoms with E-state index >= 15 is 0 Å². The molecule has 0 spiro atoms. The average molecular weight is 326 g/mol. The number of H-pyrrole nitrogens is 2. The first-order valence-corrected chi connectivity index (χ1v) is 8.68. The Labute approximate surface area is 135 Å². The summed E-state index contributed by atoms with van der Waals surface area (Å²) in [5, 5.41) is 15.7. The average Bonchev–Trinajstić information content (AvgIpc) is 3.37. The third kappa shape index (κ3) is 1.98. The van der Waals surface area contributed by atoms with Crippen molar-refractivity contribution in [1.29, 1.82) is 0 Å². The Hall–Kier alpha value is -2.08. The van der Waals surface area contributed by atoms with Crippen molar-refractivity contribution in [2.75, 3.05) is 0 Å². The Morgan fingerprint density at radius 1 is 0.818 bits per heavy atom. The van der Waals surface area contributed by atoms with Crippen LogP contribution in [0.4, 0.5) is 0 Å². The molecule has 0 saturated carbocycles. The number of aromatic amines is 2. The summed E-state index contributed by atoms with van der Waals surface area (Å²) in [6.07, 6.45) is 3.67. The molecule has 0 amide bonds. The van der Waals surface area contributed by atoms with Gasteiger partial charge in [-0.2, -0.15) is 0 Å². The number of aromatic nitrogens is 2. The molecule has 0 aliphatic heterocycles. The van der Waals surface area contributed by atoms with Gasteiger partial charge in [-0.15, -0.1) is 22.7 Å². The lowest BCUT2D eigenvalue weighted by Crippen LogP contribution is -2.29. The predicted molar refractivity (Wildman–Crippen MR) is 91.3 cm³/mol. The van der Waals surface area contributed by atoms with Gasteiger partial charge in [0.2, 0.25) is 0 Å². The Kier molecular flexibility index (Phi) is 3.26. The first kappa shape index (κ1) is 13.6. The van der Waals surface area contributed by atoms with Gasteiger partial charge in [-0.25, -0.2) is 0 Å². The van der Waals surface area contributed by atoms with Crippen molar-refractivity contribution in [3.63, 3.8) is 0 Å². The Bertz CT molecular complexity index is 808. The summed E-state index contributed by atoms with van der Waals surface area (Å²) in [5.41, 5.74) is 1.19. The second-order valence-corrected chi connectivity index (χ2v) is 6.88. The van der Waals surface area contributed by atoms with Crippen LogP contribution in [0.2, 0.25) is 0 Å². The molecular weight excluding hydrogens is 312 g/mol. The third-order valence-electron chi connectivity index (χ3n) is 3.78. The number of thiophene rings is 2. The van der Waals surface area contributed by atoms with Crippen LogP contribution < -0.4 is 0 Å². The van der Waals surface area contributed by atoms with Crippen LogP contribution in [-0.4, -0.2) is 15.1 Å². The van der Waals surface area contributed by atoms with Crippen LogP contribution in [0.15, 0.2) is 65.6 Å². The summed E-state index contributed by atoms with van der Waals surface area (Å²) in [7, 11) is 0. The van der Waals surface area contributed by atoms with Crippen molar-refractivity contribution < 1.29 is 5.11 Å². The van der Waals surface area contributed by atoms with Crippen molar-refractivity contribution >= 4 is 22.7 Å². The number of nitrogens with one attached hydrogen (secondary N) is 2. The summed E-state index contributed by atoms with van der Waals surface area (Å²) in [6.45, 7) is 0. The number of rotatable bonds is 4. The van der Waals surface area contributed by atoms with Crippen molar-refractivity contribution in [2.45, 2.75) is 5.60 Å². The lowest BCUT2D eigenvalue weighted by Gasteiger charge is -2.27. The largest absolute Gasteiger partial charge is 0.373 e. The standard InChI is InChI=1S/C17H14N2OS2/c20-17(14-5-1-8-18-14,15-6-2-9-19-15)12-7-11-22-16(12)13-4-3-10-21-13/h1-11,18-20H. The van der Waals surface area contributed by atoms with Crippen LogP contribution in [0.1, 0.15) is 17.0 Å². The first-order chi connectivity index (χ1) is 10.8. The molecule has 4 aromatic rings. The molecule has 0 aromatic carbocycles. The van der Waals surface area contributed by atoms with E-state index in [-0.39, 0.29) is 0 Å². The van der Waals surface area contributed by atoms with Crippen molar-refractivity contribution in [1.82, 2.24) is 9.97 Å². The second-order valence-electron chi connectivity index (χ2n) is 5.02. The van der Waals surface area contributed by atoms with E-state index in [2.05, 4.69) is 21.4 Å². The van der Waals surface area contributed by atoms with Crippen LogP contribution in [-0.2, 0) is 5.60 Å². The molecular formula is C17H14N2OS2. The van der Waals surface area contributed by atoms with Crippen LogP contribution in [0, 0.1) is 0 Å². The summed E-state index contributed by atoms with van der Waals surface area (Å²) >= 11 is 3.34. The molecule has 22 heavy (non-hydrogen) atoms. The summed E-state index contributed by atoms with van der Waals surface area (Å²) < 4.78 is 0. The lowest BCUT2D eigenvalue weighted by atomic mass is 9.87. The Balaban J connectivity index is 1.96. The monoisotopic (exact) mass is 326 g/mol. The predicted octanol–water partition coefficient (Wildman–Crippen LogP) is 4.42. The molecule has 4 rings (SSSR count). The van der Waals surface area contributed by atoms with Gasteiger partial charge in [0.25, 0.3) is 0 Å². The minimum atomic E-state index is -1.22. The molecule has 0 atom stereocenters. The fourth-order valence-corrected chi connectivity index (χ4v) is 4.57. The van der Waals surface area contributed by atoms with E-state index in [9.17, 15) is 5.11 Å². The lowest BCUT2D eigenvalue weighted by molar-refractivity contribution is 0.118. The smallest absolute Gasteiger partial charge is 0.171 e. The van der Waals surface area contributed by atoms with Gasteiger partial charge in [-0.1, -0.05) is 6.07 Å². The van der Waals surface area contributed by atoms with Crippen LogP contribution >= 0.6 is 22.7 Å². The molecule has 0 bridgehead atoms. The minimum Gasteiger partial charge on any atom is -0.373 e. The van der Waals surface area contributed by atoms with Gasteiger partial charge < -0.3 is 15.1 Å². The van der Waals surface area contributed by atoms with Crippen LogP contribution in [0.3, 0.4) is 0 Å². The fourth-order valence-electron chi connectivity index (χ4n) is 2.74. The molecule has 0 unspecified atom stereocenters. The maximum atomic E-state index is 11.6. The van der Waals surface area contributed by atoms with Crippen LogP contribution in [0.25, 0.3) is 9.75 Å². The Morgan fingerprint density at radius 2 is 1.55 bits per heavy atom.